The summed E-state index contributed by atoms with van der Waals surface area (Å²) in [6, 6.07) is 8.08. The number of rotatable bonds is 3. The van der Waals surface area contributed by atoms with E-state index in [0.29, 0.717) is 13.0 Å². The third-order valence-corrected chi connectivity index (χ3v) is 3.87. The summed E-state index contributed by atoms with van der Waals surface area (Å²) >= 11 is 1.67. The first-order chi connectivity index (χ1) is 8.33. The average Bonchev–Trinajstić information content (AvgIpc) is 2.92. The first kappa shape index (κ1) is 10.7. The van der Waals surface area contributed by atoms with E-state index in [1.807, 2.05) is 18.2 Å². The molecular weight excluding hydrogens is 234 g/mol. The molecule has 2 heterocycles. The van der Waals surface area contributed by atoms with Gasteiger partial charge in [-0.15, -0.1) is 11.3 Å². The fourth-order valence-corrected chi connectivity index (χ4v) is 2.87. The van der Waals surface area contributed by atoms with Crippen molar-refractivity contribution in [2.45, 2.75) is 19.4 Å². The molecule has 0 radical (unpaired) electrons. The molecule has 0 bridgehead atoms. The van der Waals surface area contributed by atoms with Gasteiger partial charge in [-0.25, -0.2) is 10.4 Å². The molecule has 3 rings (SSSR count). The number of hydrogen-bond acceptors (Lipinski definition) is 4. The van der Waals surface area contributed by atoms with Crippen molar-refractivity contribution in [3.63, 3.8) is 0 Å². The van der Waals surface area contributed by atoms with E-state index in [-0.39, 0.29) is 5.91 Å². The van der Waals surface area contributed by atoms with Gasteiger partial charge in [0.05, 0.1) is 16.8 Å². The summed E-state index contributed by atoms with van der Waals surface area (Å²) in [4.78, 5) is 15.9. The van der Waals surface area contributed by atoms with E-state index in [4.69, 9.17) is 0 Å². The highest BCUT2D eigenvalue weighted by Gasteiger charge is 2.19. The number of nitrogens with one attached hydrogen (secondary N) is 1. The number of thiazole rings is 1. The predicted octanol–water partition coefficient (Wildman–Crippen LogP) is 1.92. The lowest BCUT2D eigenvalue weighted by Gasteiger charge is -2.15. The molecule has 1 amide bonds. The number of fused-ring (bicyclic) bond motifs is 1. The van der Waals surface area contributed by atoms with Crippen LogP contribution in [0.3, 0.4) is 0 Å². The van der Waals surface area contributed by atoms with Crippen LogP contribution in [0.25, 0.3) is 10.2 Å². The molecular formula is C12H13N3OS. The van der Waals surface area contributed by atoms with E-state index >= 15 is 0 Å². The van der Waals surface area contributed by atoms with Gasteiger partial charge >= 0.3 is 0 Å². The minimum atomic E-state index is 0.186. The molecule has 0 unspecified atom stereocenters. The SMILES string of the molecule is O=C1CCCN1NCc1nc2ccccc2s1. The Labute approximate surface area is 103 Å². The van der Waals surface area contributed by atoms with Crippen molar-refractivity contribution < 1.29 is 4.79 Å². The molecule has 1 aromatic carbocycles. The van der Waals surface area contributed by atoms with Crippen molar-refractivity contribution in [1.29, 1.82) is 0 Å². The summed E-state index contributed by atoms with van der Waals surface area (Å²) in [6.07, 6.45) is 1.61. The zero-order chi connectivity index (χ0) is 11.7. The Bertz CT molecular complexity index is 518. The van der Waals surface area contributed by atoms with Gasteiger partial charge in [0.1, 0.15) is 5.01 Å². The summed E-state index contributed by atoms with van der Waals surface area (Å²) in [7, 11) is 0. The second kappa shape index (κ2) is 4.43. The predicted molar refractivity (Wildman–Crippen MR) is 67.4 cm³/mol. The Kier molecular flexibility index (Phi) is 2.78. The van der Waals surface area contributed by atoms with Gasteiger partial charge in [0.15, 0.2) is 0 Å². The van der Waals surface area contributed by atoms with Crippen LogP contribution >= 0.6 is 11.3 Å². The molecule has 0 atom stereocenters. The van der Waals surface area contributed by atoms with Crippen molar-refractivity contribution in [2.75, 3.05) is 6.54 Å². The lowest BCUT2D eigenvalue weighted by atomic mass is 10.3. The van der Waals surface area contributed by atoms with Crippen LogP contribution < -0.4 is 5.43 Å². The van der Waals surface area contributed by atoms with Gasteiger partial charge in [0, 0.05) is 13.0 Å². The van der Waals surface area contributed by atoms with Crippen LogP contribution in [0.2, 0.25) is 0 Å². The smallest absolute Gasteiger partial charge is 0.236 e. The van der Waals surface area contributed by atoms with Crippen molar-refractivity contribution in [3.8, 4) is 0 Å². The third kappa shape index (κ3) is 2.16. The van der Waals surface area contributed by atoms with E-state index in [9.17, 15) is 4.79 Å². The maximum atomic E-state index is 11.4. The maximum Gasteiger partial charge on any atom is 0.236 e. The Morgan fingerprint density at radius 3 is 3.06 bits per heavy atom. The van der Waals surface area contributed by atoms with Gasteiger partial charge in [0.25, 0.3) is 0 Å². The summed E-state index contributed by atoms with van der Waals surface area (Å²) < 4.78 is 1.19. The number of hydrazine groups is 1. The number of aromatic nitrogens is 1. The molecule has 1 aliphatic heterocycles. The quantitative estimate of drug-likeness (QED) is 0.901. The molecule has 4 nitrogen and oxygen atoms in total. The zero-order valence-electron chi connectivity index (χ0n) is 9.35. The first-order valence-electron chi connectivity index (χ1n) is 5.71. The van der Waals surface area contributed by atoms with Gasteiger partial charge in [0.2, 0.25) is 5.91 Å². The number of nitrogens with zero attached hydrogens (tertiary/aromatic N) is 2. The van der Waals surface area contributed by atoms with Gasteiger partial charge in [-0.05, 0) is 18.6 Å². The number of carbonyl (C=O) groups excluding carboxylic acids is 1. The summed E-state index contributed by atoms with van der Waals surface area (Å²) in [5, 5.41) is 2.72. The highest BCUT2D eigenvalue weighted by Crippen LogP contribution is 2.21. The number of amides is 1. The van der Waals surface area contributed by atoms with Gasteiger partial charge in [-0.2, -0.15) is 0 Å². The molecule has 0 aliphatic carbocycles. The van der Waals surface area contributed by atoms with Gasteiger partial charge in [-0.1, -0.05) is 12.1 Å². The summed E-state index contributed by atoms with van der Waals surface area (Å²) in [5.41, 5.74) is 4.17. The molecule has 1 N–H and O–H groups in total. The molecule has 2 aromatic rings. The molecule has 0 spiro atoms. The van der Waals surface area contributed by atoms with Crippen LogP contribution in [0.1, 0.15) is 17.8 Å². The van der Waals surface area contributed by atoms with Crippen LogP contribution in [-0.4, -0.2) is 22.4 Å². The van der Waals surface area contributed by atoms with Gasteiger partial charge < -0.3 is 0 Å². The molecule has 1 aliphatic rings. The number of benzene rings is 1. The minimum Gasteiger partial charge on any atom is -0.278 e. The fourth-order valence-electron chi connectivity index (χ4n) is 1.97. The van der Waals surface area contributed by atoms with Crippen LogP contribution in [0, 0.1) is 0 Å². The van der Waals surface area contributed by atoms with E-state index in [0.717, 1.165) is 23.5 Å². The topological polar surface area (TPSA) is 45.2 Å². The largest absolute Gasteiger partial charge is 0.278 e. The first-order valence-corrected chi connectivity index (χ1v) is 6.53. The highest BCUT2D eigenvalue weighted by atomic mass is 32.1. The minimum absolute atomic E-state index is 0.186. The van der Waals surface area contributed by atoms with Crippen molar-refractivity contribution >= 4 is 27.5 Å². The van der Waals surface area contributed by atoms with Crippen molar-refractivity contribution in [3.05, 3.63) is 29.3 Å². The number of hydrogen-bond donors (Lipinski definition) is 1. The highest BCUT2D eigenvalue weighted by molar-refractivity contribution is 7.18. The van der Waals surface area contributed by atoms with Gasteiger partial charge in [-0.3, -0.25) is 9.80 Å². The van der Waals surface area contributed by atoms with Crippen LogP contribution in [0.5, 0.6) is 0 Å². The molecule has 17 heavy (non-hydrogen) atoms. The molecule has 88 valence electrons. The van der Waals surface area contributed by atoms with Crippen LogP contribution in [-0.2, 0) is 11.3 Å². The Morgan fingerprint density at radius 1 is 1.41 bits per heavy atom. The lowest BCUT2D eigenvalue weighted by Crippen LogP contribution is -2.38. The normalized spacial score (nSPS) is 16.0. The van der Waals surface area contributed by atoms with Crippen molar-refractivity contribution in [2.24, 2.45) is 0 Å². The maximum absolute atomic E-state index is 11.4. The molecule has 1 aromatic heterocycles. The van der Waals surface area contributed by atoms with E-state index in [2.05, 4.69) is 16.5 Å². The number of para-hydroxylation sites is 1. The molecule has 0 saturated carbocycles. The monoisotopic (exact) mass is 247 g/mol. The molecule has 5 heteroatoms. The third-order valence-electron chi connectivity index (χ3n) is 2.83. The zero-order valence-corrected chi connectivity index (χ0v) is 10.2. The molecule has 1 saturated heterocycles. The second-order valence-corrected chi connectivity index (χ2v) is 5.17. The average molecular weight is 247 g/mol. The number of carbonyl (C=O) groups is 1. The Hall–Kier alpha value is -1.46. The van der Waals surface area contributed by atoms with E-state index in [1.54, 1.807) is 16.3 Å². The standard InChI is InChI=1S/C12H13N3OS/c16-12-6-3-7-15(12)13-8-11-14-9-4-1-2-5-10(9)17-11/h1-2,4-5,13H,3,6-8H2. The lowest BCUT2D eigenvalue weighted by molar-refractivity contribution is -0.130. The Balaban J connectivity index is 1.70. The molecule has 1 fully saturated rings. The van der Waals surface area contributed by atoms with Crippen LogP contribution in [0.15, 0.2) is 24.3 Å². The second-order valence-electron chi connectivity index (χ2n) is 4.06. The Morgan fingerprint density at radius 2 is 2.29 bits per heavy atom. The van der Waals surface area contributed by atoms with E-state index < -0.39 is 0 Å². The van der Waals surface area contributed by atoms with Crippen LogP contribution in [0.4, 0.5) is 0 Å². The summed E-state index contributed by atoms with van der Waals surface area (Å²) in [5.74, 6) is 0.186. The fraction of sp³-hybridized carbons (Fsp3) is 0.333. The van der Waals surface area contributed by atoms with E-state index in [1.165, 1.54) is 4.70 Å². The van der Waals surface area contributed by atoms with Crippen molar-refractivity contribution in [1.82, 2.24) is 15.4 Å². The summed E-state index contributed by atoms with van der Waals surface area (Å²) in [6.45, 7) is 1.44.